The van der Waals surface area contributed by atoms with E-state index in [1.165, 1.54) is 11.8 Å². The molecule has 1 aliphatic heterocycles. The summed E-state index contributed by atoms with van der Waals surface area (Å²) in [5.74, 6) is 0.107. The predicted molar refractivity (Wildman–Crippen MR) is 77.2 cm³/mol. The van der Waals surface area contributed by atoms with E-state index < -0.39 is 0 Å². The molecule has 0 aromatic heterocycles. The average molecular weight is 275 g/mol. The van der Waals surface area contributed by atoms with Gasteiger partial charge in [-0.1, -0.05) is 6.07 Å². The van der Waals surface area contributed by atoms with Crippen molar-refractivity contribution in [2.45, 2.75) is 17.7 Å². The number of hydrogen-bond acceptors (Lipinski definition) is 4. The van der Waals surface area contributed by atoms with Crippen LogP contribution in [0.3, 0.4) is 0 Å². The molecule has 1 aromatic carbocycles. The Morgan fingerprint density at radius 2 is 2.21 bits per heavy atom. The van der Waals surface area contributed by atoms with Crippen LogP contribution in [0, 0.1) is 11.3 Å². The van der Waals surface area contributed by atoms with Gasteiger partial charge in [0.15, 0.2) is 0 Å². The minimum absolute atomic E-state index is 0.107. The Morgan fingerprint density at radius 1 is 1.47 bits per heavy atom. The minimum atomic E-state index is 0.107. The van der Waals surface area contributed by atoms with Crippen LogP contribution in [0.15, 0.2) is 23.1 Å². The summed E-state index contributed by atoms with van der Waals surface area (Å²) in [5, 5.41) is 12.3. The Kier molecular flexibility index (Phi) is 4.69. The van der Waals surface area contributed by atoms with Crippen molar-refractivity contribution in [1.29, 1.82) is 5.26 Å². The van der Waals surface area contributed by atoms with Gasteiger partial charge < -0.3 is 10.2 Å². The molecule has 2 rings (SSSR count). The van der Waals surface area contributed by atoms with E-state index >= 15 is 0 Å². The lowest BCUT2D eigenvalue weighted by Gasteiger charge is -2.16. The third-order valence-electron chi connectivity index (χ3n) is 3.25. The van der Waals surface area contributed by atoms with Gasteiger partial charge in [-0.3, -0.25) is 4.79 Å². The molecule has 0 unspecified atom stereocenters. The number of carbonyl (C=O) groups is 1. The highest BCUT2D eigenvalue weighted by Crippen LogP contribution is 2.26. The zero-order valence-electron chi connectivity index (χ0n) is 11.0. The summed E-state index contributed by atoms with van der Waals surface area (Å²) in [5.41, 5.74) is 1.35. The molecule has 0 aliphatic carbocycles. The van der Waals surface area contributed by atoms with Crippen LogP contribution in [0.1, 0.15) is 18.4 Å². The number of anilines is 1. The topological polar surface area (TPSA) is 56.1 Å². The van der Waals surface area contributed by atoms with Gasteiger partial charge >= 0.3 is 0 Å². The molecule has 1 saturated heterocycles. The first kappa shape index (κ1) is 13.8. The first-order chi connectivity index (χ1) is 9.26. The molecule has 1 aromatic rings. The Balaban J connectivity index is 2.03. The van der Waals surface area contributed by atoms with Crippen molar-refractivity contribution in [2.24, 2.45) is 0 Å². The molecular formula is C14H17N3OS. The molecule has 1 heterocycles. The van der Waals surface area contributed by atoms with E-state index in [1.807, 2.05) is 29.4 Å². The molecule has 0 spiro atoms. The van der Waals surface area contributed by atoms with Crippen LogP contribution in [0.4, 0.5) is 5.69 Å². The van der Waals surface area contributed by atoms with Gasteiger partial charge in [-0.15, -0.1) is 11.8 Å². The summed E-state index contributed by atoms with van der Waals surface area (Å²) in [6.45, 7) is 1.97. The minimum Gasteiger partial charge on any atom is -0.375 e. The average Bonchev–Trinajstić information content (AvgIpc) is 2.98. The SMILES string of the molecule is CSc1cccc(NCC(=O)N2CCCC2)c1C#N. The van der Waals surface area contributed by atoms with Crippen molar-refractivity contribution in [3.05, 3.63) is 23.8 Å². The molecule has 1 amide bonds. The number of nitrogens with zero attached hydrogens (tertiary/aromatic N) is 2. The molecule has 0 atom stereocenters. The third-order valence-corrected chi connectivity index (χ3v) is 4.03. The van der Waals surface area contributed by atoms with E-state index in [9.17, 15) is 10.1 Å². The molecule has 1 aliphatic rings. The van der Waals surface area contributed by atoms with Crippen LogP contribution in [-0.2, 0) is 4.79 Å². The number of thioether (sulfide) groups is 1. The summed E-state index contributed by atoms with van der Waals surface area (Å²) in [4.78, 5) is 14.8. The Hall–Kier alpha value is -1.67. The zero-order chi connectivity index (χ0) is 13.7. The summed E-state index contributed by atoms with van der Waals surface area (Å²) < 4.78 is 0. The molecule has 5 heteroatoms. The zero-order valence-corrected chi connectivity index (χ0v) is 11.8. The van der Waals surface area contributed by atoms with Crippen LogP contribution >= 0.6 is 11.8 Å². The lowest BCUT2D eigenvalue weighted by molar-refractivity contribution is -0.128. The van der Waals surface area contributed by atoms with Crippen LogP contribution in [0.25, 0.3) is 0 Å². The van der Waals surface area contributed by atoms with Gasteiger partial charge in [-0.25, -0.2) is 0 Å². The predicted octanol–water partition coefficient (Wildman–Crippen LogP) is 2.31. The lowest BCUT2D eigenvalue weighted by atomic mass is 10.2. The quantitative estimate of drug-likeness (QED) is 0.857. The van der Waals surface area contributed by atoms with Crippen LogP contribution in [0.2, 0.25) is 0 Å². The standard InChI is InChI=1S/C14H17N3OS/c1-19-13-6-4-5-12(11(13)9-15)16-10-14(18)17-7-2-3-8-17/h4-6,16H,2-3,7-8,10H2,1H3. The number of nitrogens with one attached hydrogen (secondary N) is 1. The number of likely N-dealkylation sites (tertiary alicyclic amines) is 1. The highest BCUT2D eigenvalue weighted by atomic mass is 32.2. The maximum absolute atomic E-state index is 11.9. The lowest BCUT2D eigenvalue weighted by Crippen LogP contribution is -2.33. The van der Waals surface area contributed by atoms with Crippen LogP contribution in [-0.4, -0.2) is 36.7 Å². The van der Waals surface area contributed by atoms with Gasteiger partial charge in [-0.2, -0.15) is 5.26 Å². The maximum Gasteiger partial charge on any atom is 0.241 e. The second-order valence-electron chi connectivity index (χ2n) is 4.44. The van der Waals surface area contributed by atoms with Crippen molar-refractivity contribution in [3.63, 3.8) is 0 Å². The summed E-state index contributed by atoms with van der Waals surface area (Å²) in [6, 6.07) is 7.85. The smallest absolute Gasteiger partial charge is 0.241 e. The van der Waals surface area contributed by atoms with Crippen molar-refractivity contribution >= 4 is 23.4 Å². The highest BCUT2D eigenvalue weighted by Gasteiger charge is 2.17. The largest absolute Gasteiger partial charge is 0.375 e. The van der Waals surface area contributed by atoms with Crippen molar-refractivity contribution in [1.82, 2.24) is 4.90 Å². The molecule has 0 bridgehead atoms. The number of rotatable bonds is 4. The number of amides is 1. The fourth-order valence-corrected chi connectivity index (χ4v) is 2.79. The van der Waals surface area contributed by atoms with Gasteiger partial charge in [0.1, 0.15) is 6.07 Å². The fourth-order valence-electron chi connectivity index (χ4n) is 2.21. The molecular weight excluding hydrogens is 258 g/mol. The van der Waals surface area contributed by atoms with Crippen molar-refractivity contribution in [2.75, 3.05) is 31.2 Å². The Bertz CT molecular complexity index is 504. The third kappa shape index (κ3) is 3.21. The molecule has 100 valence electrons. The fraction of sp³-hybridized carbons (Fsp3) is 0.429. The van der Waals surface area contributed by atoms with Crippen LogP contribution in [0.5, 0.6) is 0 Å². The normalized spacial score (nSPS) is 14.2. The highest BCUT2D eigenvalue weighted by molar-refractivity contribution is 7.98. The van der Waals surface area contributed by atoms with Gasteiger partial charge in [0.2, 0.25) is 5.91 Å². The first-order valence-corrected chi connectivity index (χ1v) is 7.57. The maximum atomic E-state index is 11.9. The van der Waals surface area contributed by atoms with Crippen molar-refractivity contribution < 1.29 is 4.79 Å². The van der Waals surface area contributed by atoms with Gasteiger partial charge in [-0.05, 0) is 31.2 Å². The number of hydrogen-bond donors (Lipinski definition) is 1. The molecule has 4 nitrogen and oxygen atoms in total. The van der Waals surface area contributed by atoms with E-state index in [0.717, 1.165) is 36.5 Å². The van der Waals surface area contributed by atoms with Gasteiger partial charge in [0.05, 0.1) is 17.8 Å². The van der Waals surface area contributed by atoms with Crippen LogP contribution < -0.4 is 5.32 Å². The second-order valence-corrected chi connectivity index (χ2v) is 5.28. The molecule has 1 fully saturated rings. The molecule has 19 heavy (non-hydrogen) atoms. The summed E-state index contributed by atoms with van der Waals surface area (Å²) in [6.07, 6.45) is 4.13. The Morgan fingerprint density at radius 3 is 2.84 bits per heavy atom. The summed E-state index contributed by atoms with van der Waals surface area (Å²) >= 11 is 1.54. The summed E-state index contributed by atoms with van der Waals surface area (Å²) in [7, 11) is 0. The van der Waals surface area contributed by atoms with Crippen molar-refractivity contribution in [3.8, 4) is 6.07 Å². The van der Waals surface area contributed by atoms with E-state index in [0.29, 0.717) is 5.56 Å². The van der Waals surface area contributed by atoms with Gasteiger partial charge in [0, 0.05) is 18.0 Å². The monoisotopic (exact) mass is 275 g/mol. The number of nitriles is 1. The second kappa shape index (κ2) is 6.48. The number of carbonyl (C=O) groups excluding carboxylic acids is 1. The molecule has 1 N–H and O–H groups in total. The number of benzene rings is 1. The molecule has 0 saturated carbocycles. The van der Waals surface area contributed by atoms with E-state index in [4.69, 9.17) is 0 Å². The first-order valence-electron chi connectivity index (χ1n) is 6.35. The van der Waals surface area contributed by atoms with E-state index in [2.05, 4.69) is 11.4 Å². The van der Waals surface area contributed by atoms with E-state index in [1.54, 1.807) is 0 Å². The Labute approximate surface area is 117 Å². The van der Waals surface area contributed by atoms with E-state index in [-0.39, 0.29) is 12.5 Å². The van der Waals surface area contributed by atoms with Gasteiger partial charge in [0.25, 0.3) is 0 Å². The molecule has 0 radical (unpaired) electrons.